The topological polar surface area (TPSA) is 50.7 Å². The number of rotatable bonds is 6. The minimum Gasteiger partial charge on any atom is -0.383 e. The van der Waals surface area contributed by atoms with E-state index in [0.717, 1.165) is 27.8 Å². The van der Waals surface area contributed by atoms with E-state index in [9.17, 15) is 0 Å². The largest absolute Gasteiger partial charge is 0.383 e. The predicted molar refractivity (Wildman–Crippen MR) is 189 cm³/mol. The SMILES string of the molecule is CC1(C)c2ccccc2-c2ccc(-c3ccc(-c4ccccc4C(/N=C(\N)c4ccccc4)=N/Cc4ccccc4)cc3)cc21. The summed E-state index contributed by atoms with van der Waals surface area (Å²) in [5.41, 5.74) is 19.5. The van der Waals surface area contributed by atoms with E-state index in [1.54, 1.807) is 0 Å². The third-order valence-corrected chi connectivity index (χ3v) is 8.83. The van der Waals surface area contributed by atoms with Gasteiger partial charge in [0.15, 0.2) is 5.84 Å². The van der Waals surface area contributed by atoms with Crippen LogP contribution in [0, 0.1) is 0 Å². The monoisotopic (exact) mass is 581 g/mol. The van der Waals surface area contributed by atoms with E-state index >= 15 is 0 Å². The highest BCUT2D eigenvalue weighted by Crippen LogP contribution is 2.49. The van der Waals surface area contributed by atoms with E-state index in [0.29, 0.717) is 18.2 Å². The van der Waals surface area contributed by atoms with Crippen molar-refractivity contribution in [1.82, 2.24) is 0 Å². The standard InChI is InChI=1S/C42H35N3/c1-42(2)38-20-12-11-18-35(38)36-26-25-33(27-39(36)42)30-21-23-31(24-22-30)34-17-9-10-19-37(34)41(44-28-29-13-5-3-6-14-29)45-40(43)32-15-7-4-8-16-32/h3-27H,28H2,1-2H3,(H2,43,44,45). The summed E-state index contributed by atoms with van der Waals surface area (Å²) in [6.45, 7) is 5.16. The van der Waals surface area contributed by atoms with Gasteiger partial charge in [-0.25, -0.2) is 4.99 Å². The molecule has 0 heterocycles. The summed E-state index contributed by atoms with van der Waals surface area (Å²) in [7, 11) is 0. The lowest BCUT2D eigenvalue weighted by molar-refractivity contribution is 0.660. The number of fused-ring (bicyclic) bond motifs is 3. The number of hydrogen-bond donors (Lipinski definition) is 1. The van der Waals surface area contributed by atoms with Crippen LogP contribution in [0.25, 0.3) is 33.4 Å². The Kier molecular flexibility index (Phi) is 7.44. The molecule has 0 amide bonds. The van der Waals surface area contributed by atoms with Crippen LogP contribution in [0.4, 0.5) is 0 Å². The molecule has 0 spiro atoms. The maximum absolute atomic E-state index is 6.53. The van der Waals surface area contributed by atoms with Crippen molar-refractivity contribution in [3.63, 3.8) is 0 Å². The Hall–Kier alpha value is -5.54. The summed E-state index contributed by atoms with van der Waals surface area (Å²) in [5, 5.41) is 0. The molecule has 3 nitrogen and oxygen atoms in total. The molecule has 0 saturated carbocycles. The van der Waals surface area contributed by atoms with Gasteiger partial charge in [-0.05, 0) is 56.1 Å². The second kappa shape index (κ2) is 11.9. The van der Waals surface area contributed by atoms with E-state index in [1.165, 1.54) is 33.4 Å². The maximum Gasteiger partial charge on any atom is 0.157 e. The van der Waals surface area contributed by atoms with E-state index in [4.69, 9.17) is 15.7 Å². The molecule has 3 heteroatoms. The Balaban J connectivity index is 1.25. The molecule has 0 bridgehead atoms. The van der Waals surface area contributed by atoms with Gasteiger partial charge in [-0.2, -0.15) is 0 Å². The molecule has 0 aromatic heterocycles. The molecular formula is C42H35N3. The summed E-state index contributed by atoms with van der Waals surface area (Å²) in [4.78, 5) is 9.89. The molecule has 0 fully saturated rings. The van der Waals surface area contributed by atoms with Crippen molar-refractivity contribution in [1.29, 1.82) is 0 Å². The van der Waals surface area contributed by atoms with Crippen molar-refractivity contribution < 1.29 is 0 Å². The van der Waals surface area contributed by atoms with Crippen LogP contribution in [0.15, 0.2) is 162 Å². The van der Waals surface area contributed by atoms with Gasteiger partial charge in [0.1, 0.15) is 5.84 Å². The fourth-order valence-electron chi connectivity index (χ4n) is 6.37. The zero-order valence-corrected chi connectivity index (χ0v) is 25.6. The number of nitrogens with two attached hydrogens (primary N) is 1. The van der Waals surface area contributed by atoms with Gasteiger partial charge < -0.3 is 5.73 Å². The van der Waals surface area contributed by atoms with Crippen LogP contribution < -0.4 is 5.73 Å². The molecule has 0 unspecified atom stereocenters. The van der Waals surface area contributed by atoms with Crippen molar-refractivity contribution in [3.05, 3.63) is 179 Å². The zero-order chi connectivity index (χ0) is 30.8. The highest BCUT2D eigenvalue weighted by molar-refractivity contribution is 6.13. The average Bonchev–Trinajstić information content (AvgIpc) is 3.33. The van der Waals surface area contributed by atoms with Gasteiger partial charge in [0, 0.05) is 16.5 Å². The Labute approximate surface area is 265 Å². The first-order valence-electron chi connectivity index (χ1n) is 15.4. The van der Waals surface area contributed by atoms with Crippen molar-refractivity contribution in [3.8, 4) is 33.4 Å². The maximum atomic E-state index is 6.53. The normalized spacial score (nSPS) is 13.7. The second-order valence-electron chi connectivity index (χ2n) is 12.0. The van der Waals surface area contributed by atoms with Crippen LogP contribution in [0.3, 0.4) is 0 Å². The van der Waals surface area contributed by atoms with Crippen molar-refractivity contribution >= 4 is 11.7 Å². The fraction of sp³-hybridized carbons (Fsp3) is 0.0952. The van der Waals surface area contributed by atoms with Crippen LogP contribution in [0.2, 0.25) is 0 Å². The molecule has 45 heavy (non-hydrogen) atoms. The quantitative estimate of drug-likeness (QED) is 0.154. The van der Waals surface area contributed by atoms with Crippen LogP contribution in [-0.4, -0.2) is 11.7 Å². The first kappa shape index (κ1) is 28.2. The molecule has 7 rings (SSSR count). The van der Waals surface area contributed by atoms with E-state index in [-0.39, 0.29) is 5.41 Å². The Morgan fingerprint density at radius 2 is 1.13 bits per heavy atom. The molecular weight excluding hydrogens is 546 g/mol. The third kappa shape index (κ3) is 5.49. The summed E-state index contributed by atoms with van der Waals surface area (Å²) < 4.78 is 0. The minimum absolute atomic E-state index is 0.0293. The van der Waals surface area contributed by atoms with Gasteiger partial charge in [0.25, 0.3) is 0 Å². The Morgan fingerprint density at radius 1 is 0.556 bits per heavy atom. The lowest BCUT2D eigenvalue weighted by Gasteiger charge is -2.22. The number of amidine groups is 2. The smallest absolute Gasteiger partial charge is 0.157 e. The Morgan fingerprint density at radius 3 is 1.89 bits per heavy atom. The summed E-state index contributed by atoms with van der Waals surface area (Å²) in [5.74, 6) is 1.05. The van der Waals surface area contributed by atoms with Gasteiger partial charge >= 0.3 is 0 Å². The molecule has 0 aliphatic heterocycles. The highest BCUT2D eigenvalue weighted by Gasteiger charge is 2.35. The summed E-state index contributed by atoms with van der Waals surface area (Å²) in [6.07, 6.45) is 0. The lowest BCUT2D eigenvalue weighted by Crippen LogP contribution is -2.16. The average molecular weight is 582 g/mol. The lowest BCUT2D eigenvalue weighted by atomic mass is 9.81. The van der Waals surface area contributed by atoms with E-state index < -0.39 is 0 Å². The first-order valence-corrected chi connectivity index (χ1v) is 15.4. The fourth-order valence-corrected chi connectivity index (χ4v) is 6.37. The van der Waals surface area contributed by atoms with Gasteiger partial charge in [-0.3, -0.25) is 4.99 Å². The first-order chi connectivity index (χ1) is 22.0. The summed E-state index contributed by atoms with van der Waals surface area (Å²) >= 11 is 0. The highest BCUT2D eigenvalue weighted by atomic mass is 15.0. The number of nitrogens with zero attached hydrogens (tertiary/aromatic N) is 2. The van der Waals surface area contributed by atoms with Gasteiger partial charge in [-0.1, -0.05) is 159 Å². The molecule has 1 aliphatic carbocycles. The van der Waals surface area contributed by atoms with Crippen LogP contribution in [-0.2, 0) is 12.0 Å². The van der Waals surface area contributed by atoms with Gasteiger partial charge in [-0.15, -0.1) is 0 Å². The van der Waals surface area contributed by atoms with Gasteiger partial charge in [0.2, 0.25) is 0 Å². The third-order valence-electron chi connectivity index (χ3n) is 8.83. The Bertz CT molecular complexity index is 2040. The van der Waals surface area contributed by atoms with Crippen molar-refractivity contribution in [2.75, 3.05) is 0 Å². The predicted octanol–water partition coefficient (Wildman–Crippen LogP) is 9.68. The minimum atomic E-state index is -0.0293. The summed E-state index contributed by atoms with van der Waals surface area (Å²) in [6, 6.07) is 52.9. The van der Waals surface area contributed by atoms with Crippen LogP contribution in [0.5, 0.6) is 0 Å². The molecule has 218 valence electrons. The molecule has 2 N–H and O–H groups in total. The van der Waals surface area contributed by atoms with Crippen molar-refractivity contribution in [2.24, 2.45) is 15.7 Å². The molecule has 0 radical (unpaired) electrons. The molecule has 0 atom stereocenters. The van der Waals surface area contributed by atoms with Crippen LogP contribution >= 0.6 is 0 Å². The van der Waals surface area contributed by atoms with E-state index in [2.05, 4.69) is 111 Å². The molecule has 6 aromatic carbocycles. The molecule has 6 aromatic rings. The molecule has 0 saturated heterocycles. The molecule has 1 aliphatic rings. The van der Waals surface area contributed by atoms with Gasteiger partial charge in [0.05, 0.1) is 6.54 Å². The zero-order valence-electron chi connectivity index (χ0n) is 25.6. The number of benzene rings is 6. The van der Waals surface area contributed by atoms with Crippen molar-refractivity contribution in [2.45, 2.75) is 25.8 Å². The van der Waals surface area contributed by atoms with Crippen LogP contribution in [0.1, 0.15) is 41.7 Å². The second-order valence-corrected chi connectivity index (χ2v) is 12.0. The number of aliphatic imine (C=N–C) groups is 2. The number of hydrogen-bond acceptors (Lipinski definition) is 1. The van der Waals surface area contributed by atoms with E-state index in [1.807, 2.05) is 54.6 Å².